The van der Waals surface area contributed by atoms with E-state index in [1.807, 2.05) is 32.3 Å². The van der Waals surface area contributed by atoms with E-state index in [9.17, 15) is 18.0 Å². The molecule has 1 fully saturated rings. The van der Waals surface area contributed by atoms with Crippen LogP contribution in [0.15, 0.2) is 59.5 Å². The van der Waals surface area contributed by atoms with Crippen LogP contribution in [-0.4, -0.2) is 69.1 Å². The summed E-state index contributed by atoms with van der Waals surface area (Å²) >= 11 is 0. The fourth-order valence-corrected chi connectivity index (χ4v) is 5.52. The molecule has 2 aromatic rings. The summed E-state index contributed by atoms with van der Waals surface area (Å²) in [5.41, 5.74) is 1.70. The molecule has 0 radical (unpaired) electrons. The molecule has 7 nitrogen and oxygen atoms in total. The predicted octanol–water partition coefficient (Wildman–Crippen LogP) is 2.58. The van der Waals surface area contributed by atoms with Crippen molar-refractivity contribution in [2.45, 2.75) is 37.1 Å². The number of nitrogens with zero attached hydrogens (tertiary/aromatic N) is 2. The van der Waals surface area contributed by atoms with Gasteiger partial charge in [0.15, 0.2) is 5.78 Å². The van der Waals surface area contributed by atoms with Crippen LogP contribution in [0.5, 0.6) is 0 Å². The first-order valence-electron chi connectivity index (χ1n) is 11.3. The third kappa shape index (κ3) is 6.50. The molecule has 178 valence electrons. The number of hydrogen-bond donors (Lipinski definition) is 1. The molecule has 0 spiro atoms. The van der Waals surface area contributed by atoms with Crippen molar-refractivity contribution >= 4 is 21.7 Å². The maximum atomic E-state index is 12.9. The second kappa shape index (κ2) is 11.0. The Bertz CT molecular complexity index is 1040. The Hall–Kier alpha value is -2.55. The number of nitrogens with one attached hydrogen (secondary N) is 1. The number of likely N-dealkylation sites (N-methyl/N-ethyl adjacent to an activating group) is 1. The van der Waals surface area contributed by atoms with Gasteiger partial charge in [-0.25, -0.2) is 8.42 Å². The van der Waals surface area contributed by atoms with Crippen LogP contribution in [0, 0.1) is 5.92 Å². The number of benzene rings is 2. The van der Waals surface area contributed by atoms with Gasteiger partial charge in [-0.15, -0.1) is 0 Å². The van der Waals surface area contributed by atoms with Crippen molar-refractivity contribution in [2.75, 3.05) is 33.7 Å². The van der Waals surface area contributed by atoms with Gasteiger partial charge in [0.1, 0.15) is 0 Å². The molecule has 8 heteroatoms. The number of hydrogen-bond acceptors (Lipinski definition) is 5. The van der Waals surface area contributed by atoms with Crippen molar-refractivity contribution < 1.29 is 18.0 Å². The maximum absolute atomic E-state index is 12.9. The van der Waals surface area contributed by atoms with Crippen LogP contribution in [-0.2, 0) is 21.2 Å². The quantitative estimate of drug-likeness (QED) is 0.568. The van der Waals surface area contributed by atoms with E-state index in [0.717, 1.165) is 6.42 Å². The highest BCUT2D eigenvalue weighted by Crippen LogP contribution is 2.24. The average molecular weight is 472 g/mol. The molecular weight excluding hydrogens is 438 g/mol. The van der Waals surface area contributed by atoms with Gasteiger partial charge in [0.05, 0.1) is 4.90 Å². The van der Waals surface area contributed by atoms with Crippen LogP contribution in [0.2, 0.25) is 0 Å². The van der Waals surface area contributed by atoms with E-state index in [1.165, 1.54) is 41.1 Å². The fraction of sp³-hybridized carbons (Fsp3) is 0.440. The van der Waals surface area contributed by atoms with Crippen LogP contribution < -0.4 is 5.32 Å². The third-order valence-electron chi connectivity index (χ3n) is 6.28. The lowest BCUT2D eigenvalue weighted by Crippen LogP contribution is -2.46. The van der Waals surface area contributed by atoms with Gasteiger partial charge in [-0.2, -0.15) is 4.31 Å². The molecule has 1 aliphatic rings. The number of Topliss-reactive ketones (excluding diaryl/α,β-unsaturated/α-hetero) is 1. The Morgan fingerprint density at radius 2 is 1.64 bits per heavy atom. The number of amides is 1. The molecule has 1 N–H and O–H groups in total. The largest absolute Gasteiger partial charge is 0.354 e. The molecule has 0 saturated carbocycles. The smallest absolute Gasteiger partial charge is 0.243 e. The zero-order chi connectivity index (χ0) is 24.0. The summed E-state index contributed by atoms with van der Waals surface area (Å²) < 4.78 is 27.3. The highest BCUT2D eigenvalue weighted by Gasteiger charge is 2.32. The summed E-state index contributed by atoms with van der Waals surface area (Å²) in [7, 11) is 0.371. The monoisotopic (exact) mass is 471 g/mol. The second-order valence-corrected chi connectivity index (χ2v) is 10.7. The van der Waals surface area contributed by atoms with Gasteiger partial charge in [-0.05, 0) is 58.0 Å². The molecule has 1 unspecified atom stereocenters. The molecule has 1 heterocycles. The van der Waals surface area contributed by atoms with Crippen LogP contribution in [0.3, 0.4) is 0 Å². The molecule has 0 aromatic heterocycles. The Morgan fingerprint density at radius 1 is 1.03 bits per heavy atom. The molecule has 33 heavy (non-hydrogen) atoms. The first-order valence-corrected chi connectivity index (χ1v) is 12.7. The zero-order valence-corrected chi connectivity index (χ0v) is 20.3. The number of piperidine rings is 1. The molecule has 1 amide bonds. The molecular formula is C25H33N3O4S. The fourth-order valence-electron chi connectivity index (χ4n) is 4.06. The molecule has 3 rings (SSSR count). The van der Waals surface area contributed by atoms with Crippen molar-refractivity contribution in [2.24, 2.45) is 5.92 Å². The van der Waals surface area contributed by atoms with E-state index in [2.05, 4.69) is 22.3 Å². The first kappa shape index (κ1) is 25.1. The van der Waals surface area contributed by atoms with Gasteiger partial charge in [-0.3, -0.25) is 9.59 Å². The number of sulfonamides is 1. The van der Waals surface area contributed by atoms with Crippen LogP contribution in [0.25, 0.3) is 0 Å². The highest BCUT2D eigenvalue weighted by atomic mass is 32.2. The number of ketones is 1. The summed E-state index contributed by atoms with van der Waals surface area (Å²) in [4.78, 5) is 26.5. The van der Waals surface area contributed by atoms with Crippen LogP contribution in [0.4, 0.5) is 0 Å². The third-order valence-corrected chi connectivity index (χ3v) is 8.19. The number of carbonyl (C=O) groups excluding carboxylic acids is 2. The standard InChI is InChI=1S/C25H33N3O4S/c1-19(29)21-9-11-24(12-10-21)33(31,32)28-15-13-22(14-16-28)25(30)26-18-23(27(2)3)17-20-7-5-4-6-8-20/h4-12,22-23H,13-18H2,1-3H3,(H,26,30). The van der Waals surface area contributed by atoms with Gasteiger partial charge in [-0.1, -0.05) is 42.5 Å². The van der Waals surface area contributed by atoms with Gasteiger partial charge in [0, 0.05) is 37.2 Å². The number of carbonyl (C=O) groups is 2. The Morgan fingerprint density at radius 3 is 2.18 bits per heavy atom. The van der Waals surface area contributed by atoms with E-state index in [4.69, 9.17) is 0 Å². The minimum atomic E-state index is -3.64. The lowest BCUT2D eigenvalue weighted by Gasteiger charge is -2.31. The molecule has 0 aliphatic carbocycles. The zero-order valence-electron chi connectivity index (χ0n) is 19.5. The second-order valence-electron chi connectivity index (χ2n) is 8.81. The lowest BCUT2D eigenvalue weighted by atomic mass is 9.97. The summed E-state index contributed by atoms with van der Waals surface area (Å²) in [6.45, 7) is 2.59. The summed E-state index contributed by atoms with van der Waals surface area (Å²) in [5, 5.41) is 3.08. The molecule has 1 atom stereocenters. The Kier molecular flexibility index (Phi) is 8.40. The molecule has 2 aromatic carbocycles. The molecule has 1 aliphatic heterocycles. The SMILES string of the molecule is CC(=O)c1ccc(S(=O)(=O)N2CCC(C(=O)NCC(Cc3ccccc3)N(C)C)CC2)cc1. The summed E-state index contributed by atoms with van der Waals surface area (Å²) in [5.74, 6) is -0.320. The van der Waals surface area contributed by atoms with E-state index in [-0.39, 0.29) is 28.5 Å². The van der Waals surface area contributed by atoms with Crippen molar-refractivity contribution in [3.8, 4) is 0 Å². The highest BCUT2D eigenvalue weighted by molar-refractivity contribution is 7.89. The normalized spacial score (nSPS) is 16.5. The lowest BCUT2D eigenvalue weighted by molar-refractivity contribution is -0.126. The Balaban J connectivity index is 1.53. The van der Waals surface area contributed by atoms with Crippen LogP contribution >= 0.6 is 0 Å². The average Bonchev–Trinajstić information content (AvgIpc) is 2.82. The summed E-state index contributed by atoms with van der Waals surface area (Å²) in [6, 6.07) is 16.4. The number of rotatable bonds is 9. The maximum Gasteiger partial charge on any atom is 0.243 e. The first-order chi connectivity index (χ1) is 15.7. The van der Waals surface area contributed by atoms with Gasteiger partial charge in [0.25, 0.3) is 0 Å². The van der Waals surface area contributed by atoms with Gasteiger partial charge >= 0.3 is 0 Å². The molecule has 0 bridgehead atoms. The topological polar surface area (TPSA) is 86.8 Å². The minimum absolute atomic E-state index is 0.0160. The van der Waals surface area contributed by atoms with Crippen molar-refractivity contribution in [3.63, 3.8) is 0 Å². The summed E-state index contributed by atoms with van der Waals surface area (Å²) in [6.07, 6.45) is 1.82. The van der Waals surface area contributed by atoms with E-state index in [1.54, 1.807) is 0 Å². The van der Waals surface area contributed by atoms with E-state index in [0.29, 0.717) is 38.0 Å². The van der Waals surface area contributed by atoms with Crippen molar-refractivity contribution in [1.29, 1.82) is 0 Å². The van der Waals surface area contributed by atoms with E-state index >= 15 is 0 Å². The van der Waals surface area contributed by atoms with Gasteiger partial charge in [0.2, 0.25) is 15.9 Å². The predicted molar refractivity (Wildman–Crippen MR) is 129 cm³/mol. The molecule has 1 saturated heterocycles. The minimum Gasteiger partial charge on any atom is -0.354 e. The van der Waals surface area contributed by atoms with Gasteiger partial charge < -0.3 is 10.2 Å². The van der Waals surface area contributed by atoms with Crippen LogP contribution in [0.1, 0.15) is 35.7 Å². The van der Waals surface area contributed by atoms with Crippen molar-refractivity contribution in [1.82, 2.24) is 14.5 Å². The van der Waals surface area contributed by atoms with E-state index < -0.39 is 10.0 Å². The van der Waals surface area contributed by atoms with Crippen molar-refractivity contribution in [3.05, 3.63) is 65.7 Å². The Labute approximate surface area is 196 Å².